The van der Waals surface area contributed by atoms with Gasteiger partial charge in [0.25, 0.3) is 0 Å². The first kappa shape index (κ1) is 14.2. The van der Waals surface area contributed by atoms with E-state index in [1.165, 1.54) is 0 Å². The highest BCUT2D eigenvalue weighted by molar-refractivity contribution is 5.76. The van der Waals surface area contributed by atoms with Gasteiger partial charge >= 0.3 is 5.97 Å². The highest BCUT2D eigenvalue weighted by Gasteiger charge is 2.40. The molecule has 0 aliphatic carbocycles. The van der Waals surface area contributed by atoms with Crippen LogP contribution < -0.4 is 0 Å². The zero-order chi connectivity index (χ0) is 13.1. The van der Waals surface area contributed by atoms with E-state index in [1.807, 2.05) is 40.7 Å². The molecule has 3 heteroatoms. The molecule has 0 bridgehead atoms. The Balaban J connectivity index is 2.82. The van der Waals surface area contributed by atoms with Crippen LogP contribution in [0.1, 0.15) is 47.5 Å². The van der Waals surface area contributed by atoms with Crippen molar-refractivity contribution in [2.24, 2.45) is 5.41 Å². The standard InChI is InChI=1S/C14H24O3/c1-6-13(4,5)12(15)17-14(9-11(2)3)7-8-16-10-14/h9H,6-8,10H2,1-5H3. The molecule has 1 heterocycles. The molecule has 0 aromatic carbocycles. The van der Waals surface area contributed by atoms with Crippen LogP contribution in [0.5, 0.6) is 0 Å². The van der Waals surface area contributed by atoms with E-state index in [0.29, 0.717) is 13.2 Å². The molecule has 0 aromatic heterocycles. The van der Waals surface area contributed by atoms with E-state index in [4.69, 9.17) is 9.47 Å². The van der Waals surface area contributed by atoms with E-state index in [2.05, 4.69) is 0 Å². The Labute approximate surface area is 104 Å². The van der Waals surface area contributed by atoms with Crippen LogP contribution in [0.4, 0.5) is 0 Å². The summed E-state index contributed by atoms with van der Waals surface area (Å²) >= 11 is 0. The van der Waals surface area contributed by atoms with E-state index in [9.17, 15) is 4.79 Å². The minimum absolute atomic E-state index is 0.136. The summed E-state index contributed by atoms with van der Waals surface area (Å²) < 4.78 is 11.1. The Morgan fingerprint density at radius 1 is 1.47 bits per heavy atom. The fourth-order valence-electron chi connectivity index (χ4n) is 1.78. The van der Waals surface area contributed by atoms with Crippen molar-refractivity contribution in [3.63, 3.8) is 0 Å². The normalized spacial score (nSPS) is 24.5. The van der Waals surface area contributed by atoms with E-state index in [1.54, 1.807) is 0 Å². The molecule has 1 saturated heterocycles. The molecule has 1 fully saturated rings. The molecule has 0 saturated carbocycles. The van der Waals surface area contributed by atoms with Gasteiger partial charge in [0.1, 0.15) is 0 Å². The van der Waals surface area contributed by atoms with Crippen molar-refractivity contribution in [2.75, 3.05) is 13.2 Å². The Hall–Kier alpha value is -0.830. The van der Waals surface area contributed by atoms with Gasteiger partial charge < -0.3 is 9.47 Å². The van der Waals surface area contributed by atoms with Gasteiger partial charge in [-0.25, -0.2) is 0 Å². The molecule has 0 aromatic rings. The minimum atomic E-state index is -0.539. The molecule has 1 aliphatic heterocycles. The molecular formula is C14H24O3. The highest BCUT2D eigenvalue weighted by Crippen LogP contribution is 2.31. The lowest BCUT2D eigenvalue weighted by Gasteiger charge is -2.30. The predicted molar refractivity (Wildman–Crippen MR) is 67.8 cm³/mol. The van der Waals surface area contributed by atoms with Gasteiger partial charge in [-0.3, -0.25) is 4.79 Å². The molecule has 0 spiro atoms. The Kier molecular flexibility index (Phi) is 4.36. The molecule has 0 amide bonds. The SMILES string of the molecule is CCC(C)(C)C(=O)OC1(C=C(C)C)CCOC1. The zero-order valence-corrected chi connectivity index (χ0v) is 11.6. The van der Waals surface area contributed by atoms with Gasteiger partial charge in [0.2, 0.25) is 0 Å². The van der Waals surface area contributed by atoms with Crippen molar-refractivity contribution in [3.8, 4) is 0 Å². The third-order valence-electron chi connectivity index (χ3n) is 3.30. The lowest BCUT2D eigenvalue weighted by molar-refractivity contribution is -0.166. The summed E-state index contributed by atoms with van der Waals surface area (Å²) in [5, 5.41) is 0. The van der Waals surface area contributed by atoms with Gasteiger partial charge in [-0.15, -0.1) is 0 Å². The summed E-state index contributed by atoms with van der Waals surface area (Å²) in [7, 11) is 0. The molecule has 1 atom stereocenters. The average molecular weight is 240 g/mol. The van der Waals surface area contributed by atoms with Gasteiger partial charge in [0.15, 0.2) is 5.60 Å². The molecule has 0 N–H and O–H groups in total. The van der Waals surface area contributed by atoms with Crippen LogP contribution in [-0.2, 0) is 14.3 Å². The molecule has 17 heavy (non-hydrogen) atoms. The van der Waals surface area contributed by atoms with Gasteiger partial charge in [-0.1, -0.05) is 12.5 Å². The van der Waals surface area contributed by atoms with E-state index < -0.39 is 11.0 Å². The number of rotatable bonds is 4. The number of hydrogen-bond donors (Lipinski definition) is 0. The summed E-state index contributed by atoms with van der Waals surface area (Å²) in [5.74, 6) is -0.136. The summed E-state index contributed by atoms with van der Waals surface area (Å²) in [5.41, 5.74) is 0.186. The fourth-order valence-corrected chi connectivity index (χ4v) is 1.78. The second-order valence-electron chi connectivity index (χ2n) is 5.72. The third kappa shape index (κ3) is 3.56. The minimum Gasteiger partial charge on any atom is -0.452 e. The van der Waals surface area contributed by atoms with Crippen molar-refractivity contribution in [1.29, 1.82) is 0 Å². The first-order chi connectivity index (χ1) is 7.81. The van der Waals surface area contributed by atoms with Gasteiger partial charge in [-0.05, 0) is 40.2 Å². The first-order valence-corrected chi connectivity index (χ1v) is 6.28. The molecule has 1 rings (SSSR count). The number of hydrogen-bond acceptors (Lipinski definition) is 3. The van der Waals surface area contributed by atoms with Crippen LogP contribution in [0.2, 0.25) is 0 Å². The van der Waals surface area contributed by atoms with Crippen molar-refractivity contribution in [3.05, 3.63) is 11.6 Å². The largest absolute Gasteiger partial charge is 0.452 e. The number of ether oxygens (including phenoxy) is 2. The molecule has 1 unspecified atom stereocenters. The topological polar surface area (TPSA) is 35.5 Å². The maximum Gasteiger partial charge on any atom is 0.312 e. The van der Waals surface area contributed by atoms with Gasteiger partial charge in [-0.2, -0.15) is 0 Å². The van der Waals surface area contributed by atoms with Crippen LogP contribution in [0.3, 0.4) is 0 Å². The van der Waals surface area contributed by atoms with Crippen molar-refractivity contribution in [2.45, 2.75) is 53.1 Å². The Morgan fingerprint density at radius 2 is 2.12 bits per heavy atom. The lowest BCUT2D eigenvalue weighted by Crippen LogP contribution is -2.39. The van der Waals surface area contributed by atoms with E-state index in [-0.39, 0.29) is 5.97 Å². The summed E-state index contributed by atoms with van der Waals surface area (Å²) in [6.07, 6.45) is 3.55. The fraction of sp³-hybridized carbons (Fsp3) is 0.786. The predicted octanol–water partition coefficient (Wildman–Crippen LogP) is 3.09. The van der Waals surface area contributed by atoms with Crippen LogP contribution in [-0.4, -0.2) is 24.8 Å². The molecule has 0 radical (unpaired) electrons. The summed E-state index contributed by atoms with van der Waals surface area (Å²) in [6, 6.07) is 0. The highest BCUT2D eigenvalue weighted by atomic mass is 16.6. The summed E-state index contributed by atoms with van der Waals surface area (Å²) in [4.78, 5) is 12.1. The third-order valence-corrected chi connectivity index (χ3v) is 3.30. The maximum atomic E-state index is 12.1. The van der Waals surface area contributed by atoms with Crippen LogP contribution in [0, 0.1) is 5.41 Å². The second-order valence-corrected chi connectivity index (χ2v) is 5.72. The maximum absolute atomic E-state index is 12.1. The number of esters is 1. The second kappa shape index (κ2) is 5.21. The van der Waals surface area contributed by atoms with Gasteiger partial charge in [0.05, 0.1) is 18.6 Å². The van der Waals surface area contributed by atoms with Crippen LogP contribution >= 0.6 is 0 Å². The number of carbonyl (C=O) groups excluding carboxylic acids is 1. The summed E-state index contributed by atoms with van der Waals surface area (Å²) in [6.45, 7) is 11.0. The van der Waals surface area contributed by atoms with E-state index >= 15 is 0 Å². The van der Waals surface area contributed by atoms with Crippen molar-refractivity contribution >= 4 is 5.97 Å². The molecule has 1 aliphatic rings. The number of allylic oxidation sites excluding steroid dienone is 1. The quantitative estimate of drug-likeness (QED) is 0.559. The van der Waals surface area contributed by atoms with Crippen LogP contribution in [0.25, 0.3) is 0 Å². The molecule has 98 valence electrons. The van der Waals surface area contributed by atoms with E-state index in [0.717, 1.165) is 18.4 Å². The molecular weight excluding hydrogens is 216 g/mol. The Morgan fingerprint density at radius 3 is 2.53 bits per heavy atom. The van der Waals surface area contributed by atoms with Crippen molar-refractivity contribution < 1.29 is 14.3 Å². The smallest absolute Gasteiger partial charge is 0.312 e. The number of carbonyl (C=O) groups is 1. The average Bonchev–Trinajstić information content (AvgIpc) is 2.65. The van der Waals surface area contributed by atoms with Crippen LogP contribution in [0.15, 0.2) is 11.6 Å². The molecule has 3 nitrogen and oxygen atoms in total. The zero-order valence-electron chi connectivity index (χ0n) is 11.6. The van der Waals surface area contributed by atoms with Gasteiger partial charge in [0, 0.05) is 6.42 Å². The first-order valence-electron chi connectivity index (χ1n) is 6.28. The Bertz CT molecular complexity index is 305. The van der Waals surface area contributed by atoms with Crippen molar-refractivity contribution in [1.82, 2.24) is 0 Å². The lowest BCUT2D eigenvalue weighted by atomic mass is 9.90. The monoisotopic (exact) mass is 240 g/mol.